The van der Waals surface area contributed by atoms with Gasteiger partial charge in [0.1, 0.15) is 0 Å². The number of hydrogen-bond acceptors (Lipinski definition) is 1. The van der Waals surface area contributed by atoms with E-state index in [0.717, 1.165) is 24.2 Å². The van der Waals surface area contributed by atoms with Crippen LogP contribution in [0.15, 0.2) is 73.4 Å². The zero-order chi connectivity index (χ0) is 14.3. The second-order valence-electron chi connectivity index (χ2n) is 5.03. The molecular formula is C18H25N. The summed E-state index contributed by atoms with van der Waals surface area (Å²) in [7, 11) is 2.17. The molecule has 0 saturated carbocycles. The maximum atomic E-state index is 4.21. The summed E-state index contributed by atoms with van der Waals surface area (Å²) >= 11 is 0. The average Bonchev–Trinajstić information content (AvgIpc) is 2.42. The number of nitrogens with zero attached hydrogens (tertiary/aromatic N) is 1. The van der Waals surface area contributed by atoms with Crippen LogP contribution in [0.5, 0.6) is 0 Å². The SMILES string of the molecule is C=C/C=C\C(=C)C(=C)/C(=C\C=C)C1CCN(C)CC1. The largest absolute Gasteiger partial charge is 0.306 e. The van der Waals surface area contributed by atoms with Crippen molar-refractivity contribution in [3.8, 4) is 0 Å². The molecule has 0 aromatic heterocycles. The summed E-state index contributed by atoms with van der Waals surface area (Å²) in [5.74, 6) is 0.565. The lowest BCUT2D eigenvalue weighted by Gasteiger charge is -2.31. The van der Waals surface area contributed by atoms with Crippen molar-refractivity contribution in [2.24, 2.45) is 5.92 Å². The summed E-state index contributed by atoms with van der Waals surface area (Å²) in [5, 5.41) is 0. The van der Waals surface area contributed by atoms with Gasteiger partial charge in [0.15, 0.2) is 0 Å². The maximum absolute atomic E-state index is 4.21. The Kier molecular flexibility index (Phi) is 6.31. The highest BCUT2D eigenvalue weighted by atomic mass is 15.1. The molecule has 0 spiro atoms. The van der Waals surface area contributed by atoms with Crippen LogP contribution in [-0.4, -0.2) is 25.0 Å². The normalized spacial score (nSPS) is 18.5. The van der Waals surface area contributed by atoms with Crippen LogP contribution < -0.4 is 0 Å². The fraction of sp³-hybridized carbons (Fsp3) is 0.333. The Hall–Kier alpha value is -1.60. The van der Waals surface area contributed by atoms with Crippen LogP contribution >= 0.6 is 0 Å². The highest BCUT2D eigenvalue weighted by molar-refractivity contribution is 5.51. The molecule has 0 aromatic carbocycles. The fourth-order valence-electron chi connectivity index (χ4n) is 2.40. The third-order valence-corrected chi connectivity index (χ3v) is 3.63. The van der Waals surface area contributed by atoms with Gasteiger partial charge >= 0.3 is 0 Å². The summed E-state index contributed by atoms with van der Waals surface area (Å²) in [6, 6.07) is 0. The molecule has 0 unspecified atom stereocenters. The molecule has 1 nitrogen and oxygen atoms in total. The Bertz CT molecular complexity index is 415. The highest BCUT2D eigenvalue weighted by Gasteiger charge is 2.21. The Morgan fingerprint density at radius 2 is 1.74 bits per heavy atom. The monoisotopic (exact) mass is 255 g/mol. The molecule has 0 bridgehead atoms. The molecular weight excluding hydrogens is 230 g/mol. The number of likely N-dealkylation sites (tertiary alicyclic amines) is 1. The molecule has 0 aromatic rings. The molecule has 1 aliphatic heterocycles. The minimum atomic E-state index is 0.565. The van der Waals surface area contributed by atoms with E-state index in [1.165, 1.54) is 18.4 Å². The smallest absolute Gasteiger partial charge is 0.00159 e. The lowest BCUT2D eigenvalue weighted by Crippen LogP contribution is -2.31. The first kappa shape index (κ1) is 15.5. The number of hydrogen-bond donors (Lipinski definition) is 0. The van der Waals surface area contributed by atoms with Gasteiger partial charge in [-0.15, -0.1) is 0 Å². The summed E-state index contributed by atoms with van der Waals surface area (Å²) < 4.78 is 0. The van der Waals surface area contributed by atoms with Gasteiger partial charge in [0.25, 0.3) is 0 Å². The van der Waals surface area contributed by atoms with Crippen molar-refractivity contribution in [1.29, 1.82) is 0 Å². The molecule has 0 atom stereocenters. The van der Waals surface area contributed by atoms with Gasteiger partial charge in [-0.25, -0.2) is 0 Å². The first-order valence-electron chi connectivity index (χ1n) is 6.79. The zero-order valence-corrected chi connectivity index (χ0v) is 12.1. The molecule has 1 heterocycles. The lowest BCUT2D eigenvalue weighted by molar-refractivity contribution is 0.239. The van der Waals surface area contributed by atoms with E-state index >= 15 is 0 Å². The van der Waals surface area contributed by atoms with E-state index in [4.69, 9.17) is 0 Å². The van der Waals surface area contributed by atoms with Gasteiger partial charge in [0, 0.05) is 0 Å². The molecule has 1 heteroatoms. The molecule has 0 amide bonds. The third kappa shape index (κ3) is 4.53. The van der Waals surface area contributed by atoms with Crippen LogP contribution in [0.1, 0.15) is 12.8 Å². The van der Waals surface area contributed by atoms with Crippen LogP contribution in [0.4, 0.5) is 0 Å². The molecule has 1 saturated heterocycles. The zero-order valence-electron chi connectivity index (χ0n) is 12.1. The molecule has 1 rings (SSSR count). The van der Waals surface area contributed by atoms with Crippen molar-refractivity contribution < 1.29 is 0 Å². The van der Waals surface area contributed by atoms with Crippen LogP contribution in [0.25, 0.3) is 0 Å². The Balaban J connectivity index is 2.83. The van der Waals surface area contributed by atoms with Crippen molar-refractivity contribution in [1.82, 2.24) is 4.90 Å². The summed E-state index contributed by atoms with van der Waals surface area (Å²) in [6.45, 7) is 18.1. The summed E-state index contributed by atoms with van der Waals surface area (Å²) in [4.78, 5) is 2.37. The average molecular weight is 255 g/mol. The third-order valence-electron chi connectivity index (χ3n) is 3.63. The molecule has 0 N–H and O–H groups in total. The van der Waals surface area contributed by atoms with Crippen LogP contribution in [0.3, 0.4) is 0 Å². The molecule has 1 fully saturated rings. The molecule has 102 valence electrons. The van der Waals surface area contributed by atoms with Crippen LogP contribution in [-0.2, 0) is 0 Å². The van der Waals surface area contributed by atoms with Gasteiger partial charge in [-0.3, -0.25) is 0 Å². The van der Waals surface area contributed by atoms with E-state index in [1.54, 1.807) is 6.08 Å². The Labute approximate surface area is 118 Å². The minimum absolute atomic E-state index is 0.565. The van der Waals surface area contributed by atoms with E-state index in [1.807, 2.05) is 18.2 Å². The van der Waals surface area contributed by atoms with E-state index < -0.39 is 0 Å². The van der Waals surface area contributed by atoms with Crippen LogP contribution in [0, 0.1) is 5.92 Å². The predicted octanol–water partition coefficient (Wildman–Crippen LogP) is 4.30. The second kappa shape index (κ2) is 7.75. The van der Waals surface area contributed by atoms with E-state index in [9.17, 15) is 0 Å². The quantitative estimate of drug-likeness (QED) is 0.640. The van der Waals surface area contributed by atoms with Gasteiger partial charge < -0.3 is 4.90 Å². The molecule has 0 radical (unpaired) electrons. The van der Waals surface area contributed by atoms with Crippen molar-refractivity contribution in [3.05, 3.63) is 73.4 Å². The highest BCUT2D eigenvalue weighted by Crippen LogP contribution is 2.31. The number of piperidine rings is 1. The van der Waals surface area contributed by atoms with E-state index in [-0.39, 0.29) is 0 Å². The summed E-state index contributed by atoms with van der Waals surface area (Å²) in [6.07, 6.45) is 11.9. The molecule has 19 heavy (non-hydrogen) atoms. The number of allylic oxidation sites excluding steroid dienone is 8. The van der Waals surface area contributed by atoms with Gasteiger partial charge in [0.2, 0.25) is 0 Å². The first-order chi connectivity index (χ1) is 9.10. The predicted molar refractivity (Wildman–Crippen MR) is 86.1 cm³/mol. The van der Waals surface area contributed by atoms with Gasteiger partial charge in [-0.05, 0) is 55.6 Å². The lowest BCUT2D eigenvalue weighted by atomic mass is 9.83. The fourth-order valence-corrected chi connectivity index (χ4v) is 2.40. The van der Waals surface area contributed by atoms with E-state index in [0.29, 0.717) is 5.92 Å². The minimum Gasteiger partial charge on any atom is -0.306 e. The maximum Gasteiger partial charge on any atom is -0.00159 e. The van der Waals surface area contributed by atoms with E-state index in [2.05, 4.69) is 44.3 Å². The molecule has 1 aliphatic rings. The van der Waals surface area contributed by atoms with Crippen molar-refractivity contribution in [3.63, 3.8) is 0 Å². The van der Waals surface area contributed by atoms with Crippen molar-refractivity contribution >= 4 is 0 Å². The van der Waals surface area contributed by atoms with Crippen molar-refractivity contribution in [2.75, 3.05) is 20.1 Å². The Morgan fingerprint density at radius 1 is 1.11 bits per heavy atom. The topological polar surface area (TPSA) is 3.24 Å². The van der Waals surface area contributed by atoms with Crippen molar-refractivity contribution in [2.45, 2.75) is 12.8 Å². The van der Waals surface area contributed by atoms with Gasteiger partial charge in [-0.2, -0.15) is 0 Å². The van der Waals surface area contributed by atoms with Gasteiger partial charge in [-0.1, -0.05) is 56.7 Å². The Morgan fingerprint density at radius 3 is 2.26 bits per heavy atom. The molecule has 0 aliphatic carbocycles. The van der Waals surface area contributed by atoms with Crippen LogP contribution in [0.2, 0.25) is 0 Å². The second-order valence-corrected chi connectivity index (χ2v) is 5.03. The first-order valence-corrected chi connectivity index (χ1v) is 6.79. The summed E-state index contributed by atoms with van der Waals surface area (Å²) in [5.41, 5.74) is 3.25. The van der Waals surface area contributed by atoms with Gasteiger partial charge in [0.05, 0.1) is 0 Å². The number of rotatable bonds is 6. The standard InChI is InChI=1S/C18H25N/c1-6-8-10-15(3)16(4)18(9-7-2)17-11-13-19(5)14-12-17/h6-10,17H,1-4,11-14H2,5H3/b10-8-,18-9+.